The van der Waals surface area contributed by atoms with Crippen LogP contribution in [0.25, 0.3) is 0 Å². The molecule has 158 valence electrons. The molecule has 0 N–H and O–H groups in total. The van der Waals surface area contributed by atoms with Crippen LogP contribution in [0, 0.1) is 12.8 Å². The number of amides is 1. The predicted octanol–water partition coefficient (Wildman–Crippen LogP) is 2.91. The van der Waals surface area contributed by atoms with E-state index in [1.165, 1.54) is 0 Å². The monoisotopic (exact) mass is 408 g/mol. The third-order valence-electron chi connectivity index (χ3n) is 5.38. The first-order chi connectivity index (χ1) is 14.3. The Balaban J connectivity index is 2.00. The van der Waals surface area contributed by atoms with Gasteiger partial charge in [-0.05, 0) is 57.3 Å². The molecule has 1 saturated heterocycles. The van der Waals surface area contributed by atoms with Gasteiger partial charge in [-0.25, -0.2) is 0 Å². The van der Waals surface area contributed by atoms with Crippen LogP contribution in [-0.2, 0) is 9.59 Å². The van der Waals surface area contributed by atoms with Crippen molar-refractivity contribution in [1.29, 1.82) is 0 Å². The van der Waals surface area contributed by atoms with Crippen molar-refractivity contribution in [3.8, 4) is 5.75 Å². The second-order valence-electron chi connectivity index (χ2n) is 7.78. The van der Waals surface area contributed by atoms with E-state index in [2.05, 4.69) is 0 Å². The van der Waals surface area contributed by atoms with Crippen molar-refractivity contribution in [2.45, 2.75) is 19.9 Å². The van der Waals surface area contributed by atoms with E-state index in [-0.39, 0.29) is 5.78 Å². The molecule has 2 aromatic carbocycles. The summed E-state index contributed by atoms with van der Waals surface area (Å²) in [7, 11) is 3.82. The lowest BCUT2D eigenvalue weighted by molar-refractivity contribution is -0.140. The van der Waals surface area contributed by atoms with Crippen LogP contribution in [-0.4, -0.2) is 61.1 Å². The molecular weight excluding hydrogens is 380 g/mol. The van der Waals surface area contributed by atoms with Crippen molar-refractivity contribution in [2.24, 2.45) is 5.92 Å². The lowest BCUT2D eigenvalue weighted by Gasteiger charge is -2.28. The minimum absolute atomic E-state index is 0.333. The molecule has 1 fully saturated rings. The van der Waals surface area contributed by atoms with Gasteiger partial charge in [0.25, 0.3) is 5.91 Å². The predicted molar refractivity (Wildman–Crippen MR) is 115 cm³/mol. The van der Waals surface area contributed by atoms with Crippen molar-refractivity contribution >= 4 is 17.5 Å². The van der Waals surface area contributed by atoms with E-state index in [0.717, 1.165) is 11.1 Å². The second kappa shape index (κ2) is 9.22. The molecular formula is C24H28N2O4. The maximum Gasteiger partial charge on any atom is 0.291 e. The fraction of sp³-hybridized carbons (Fsp3) is 0.375. The molecule has 1 aliphatic heterocycles. The van der Waals surface area contributed by atoms with Crippen molar-refractivity contribution in [3.63, 3.8) is 0 Å². The summed E-state index contributed by atoms with van der Waals surface area (Å²) in [5.41, 5.74) is 2.02. The maximum atomic E-state index is 13.4. The van der Waals surface area contributed by atoms with Gasteiger partial charge in [-0.15, -0.1) is 0 Å². The van der Waals surface area contributed by atoms with Gasteiger partial charge in [0.1, 0.15) is 11.7 Å². The first kappa shape index (κ1) is 21.7. The normalized spacial score (nSPS) is 18.9. The largest absolute Gasteiger partial charge is 0.494 e. The third-order valence-corrected chi connectivity index (χ3v) is 5.38. The number of nitrogens with zero attached hydrogens (tertiary/aromatic N) is 2. The summed E-state index contributed by atoms with van der Waals surface area (Å²) in [6.07, 6.45) is 0. The standard InChI is InChI=1S/C24H28N2O4/c1-5-30-19-12-11-18(15-16(19)2)22(27)20-21(17-9-7-6-8-10-17)26(14-13-25(3)4)24(29)23(20)28/h6-12,15,20-21H,5,13-14H2,1-4H3. The summed E-state index contributed by atoms with van der Waals surface area (Å²) in [5, 5.41) is 0. The average molecular weight is 408 g/mol. The minimum atomic E-state index is -1.06. The summed E-state index contributed by atoms with van der Waals surface area (Å²) >= 11 is 0. The smallest absolute Gasteiger partial charge is 0.291 e. The van der Waals surface area contributed by atoms with E-state index < -0.39 is 23.7 Å². The third kappa shape index (κ3) is 4.28. The summed E-state index contributed by atoms with van der Waals surface area (Å²) < 4.78 is 5.55. The molecule has 0 bridgehead atoms. The molecule has 3 rings (SSSR count). The molecule has 0 saturated carbocycles. The first-order valence-corrected chi connectivity index (χ1v) is 10.2. The molecule has 1 heterocycles. The lowest BCUT2D eigenvalue weighted by Crippen LogP contribution is -2.36. The Morgan fingerprint density at radius 2 is 1.80 bits per heavy atom. The average Bonchev–Trinajstić information content (AvgIpc) is 2.98. The lowest BCUT2D eigenvalue weighted by atomic mass is 9.86. The van der Waals surface area contributed by atoms with E-state index in [4.69, 9.17) is 4.74 Å². The van der Waals surface area contributed by atoms with Gasteiger partial charge >= 0.3 is 0 Å². The molecule has 2 aromatic rings. The Bertz CT molecular complexity index is 939. The van der Waals surface area contributed by atoms with Crippen LogP contribution in [0.5, 0.6) is 5.75 Å². The van der Waals surface area contributed by atoms with E-state index in [9.17, 15) is 14.4 Å². The van der Waals surface area contributed by atoms with Crippen LogP contribution >= 0.6 is 0 Å². The molecule has 0 radical (unpaired) electrons. The van der Waals surface area contributed by atoms with Gasteiger partial charge in [0.2, 0.25) is 5.78 Å². The van der Waals surface area contributed by atoms with Crippen LogP contribution in [0.15, 0.2) is 48.5 Å². The highest BCUT2D eigenvalue weighted by Gasteiger charge is 2.51. The van der Waals surface area contributed by atoms with Gasteiger partial charge < -0.3 is 14.5 Å². The van der Waals surface area contributed by atoms with E-state index in [1.807, 2.05) is 63.2 Å². The number of ketones is 2. The highest BCUT2D eigenvalue weighted by atomic mass is 16.5. The zero-order valence-electron chi connectivity index (χ0n) is 17.9. The molecule has 2 atom stereocenters. The SMILES string of the molecule is CCOc1ccc(C(=O)C2C(=O)C(=O)N(CCN(C)C)C2c2ccccc2)cc1C. The fourth-order valence-corrected chi connectivity index (χ4v) is 3.86. The molecule has 2 unspecified atom stereocenters. The molecule has 0 spiro atoms. The van der Waals surface area contributed by atoms with Gasteiger partial charge in [-0.1, -0.05) is 30.3 Å². The van der Waals surface area contributed by atoms with Gasteiger partial charge in [-0.3, -0.25) is 14.4 Å². The van der Waals surface area contributed by atoms with E-state index in [1.54, 1.807) is 23.1 Å². The summed E-state index contributed by atoms with van der Waals surface area (Å²) in [4.78, 5) is 42.7. The zero-order valence-corrected chi connectivity index (χ0v) is 17.9. The minimum Gasteiger partial charge on any atom is -0.494 e. The number of ether oxygens (including phenoxy) is 1. The highest BCUT2D eigenvalue weighted by molar-refractivity contribution is 6.44. The van der Waals surface area contributed by atoms with Gasteiger partial charge in [-0.2, -0.15) is 0 Å². The molecule has 30 heavy (non-hydrogen) atoms. The summed E-state index contributed by atoms with van der Waals surface area (Å²) in [6.45, 7) is 5.27. The molecule has 6 heteroatoms. The molecule has 1 aliphatic rings. The maximum absolute atomic E-state index is 13.4. The zero-order chi connectivity index (χ0) is 21.8. The fourth-order valence-electron chi connectivity index (χ4n) is 3.86. The summed E-state index contributed by atoms with van der Waals surface area (Å²) in [5.74, 6) is -1.92. The number of hydrogen-bond donors (Lipinski definition) is 0. The number of Topliss-reactive ketones (excluding diaryl/α,β-unsaturated/α-hetero) is 2. The molecule has 1 amide bonds. The number of aryl methyl sites for hydroxylation is 1. The number of hydrogen-bond acceptors (Lipinski definition) is 5. The molecule has 0 aliphatic carbocycles. The molecule has 6 nitrogen and oxygen atoms in total. The van der Waals surface area contributed by atoms with E-state index in [0.29, 0.717) is 31.0 Å². The van der Waals surface area contributed by atoms with Crippen LogP contribution in [0.3, 0.4) is 0 Å². The van der Waals surface area contributed by atoms with Crippen LogP contribution in [0.1, 0.15) is 34.5 Å². The van der Waals surface area contributed by atoms with Gasteiger partial charge in [0.15, 0.2) is 5.78 Å². The second-order valence-corrected chi connectivity index (χ2v) is 7.78. The number of benzene rings is 2. The number of carbonyl (C=O) groups excluding carboxylic acids is 3. The molecule has 0 aromatic heterocycles. The highest BCUT2D eigenvalue weighted by Crippen LogP contribution is 2.38. The Hall–Kier alpha value is -2.99. The summed E-state index contributed by atoms with van der Waals surface area (Å²) in [6, 6.07) is 13.9. The number of rotatable bonds is 8. The van der Waals surface area contributed by atoms with Crippen molar-refractivity contribution < 1.29 is 19.1 Å². The van der Waals surface area contributed by atoms with Crippen LogP contribution < -0.4 is 4.74 Å². The Morgan fingerprint density at radius 1 is 1.10 bits per heavy atom. The van der Waals surface area contributed by atoms with Gasteiger partial charge in [0.05, 0.1) is 12.6 Å². The van der Waals surface area contributed by atoms with Crippen LogP contribution in [0.4, 0.5) is 0 Å². The number of likely N-dealkylation sites (tertiary alicyclic amines) is 1. The topological polar surface area (TPSA) is 66.9 Å². The Labute approximate surface area is 177 Å². The quantitative estimate of drug-likeness (QED) is 0.382. The van der Waals surface area contributed by atoms with Crippen molar-refractivity contribution in [2.75, 3.05) is 33.8 Å². The van der Waals surface area contributed by atoms with Crippen LogP contribution in [0.2, 0.25) is 0 Å². The Morgan fingerprint density at radius 3 is 2.40 bits per heavy atom. The first-order valence-electron chi connectivity index (χ1n) is 10.2. The number of likely N-dealkylation sites (N-methyl/N-ethyl adjacent to an activating group) is 1. The van der Waals surface area contributed by atoms with Crippen molar-refractivity contribution in [3.05, 3.63) is 65.2 Å². The Kier molecular flexibility index (Phi) is 6.67. The van der Waals surface area contributed by atoms with E-state index >= 15 is 0 Å². The number of carbonyl (C=O) groups is 3. The van der Waals surface area contributed by atoms with Crippen molar-refractivity contribution in [1.82, 2.24) is 9.80 Å². The van der Waals surface area contributed by atoms with Gasteiger partial charge in [0, 0.05) is 18.7 Å².